The lowest BCUT2D eigenvalue weighted by Gasteiger charge is -2.10. The van der Waals surface area contributed by atoms with Crippen molar-refractivity contribution in [3.8, 4) is 0 Å². The molecule has 0 saturated heterocycles. The SMILES string of the molecule is NC(c1ccc2cc(Br)ccc2c1)c1ccco1. The maximum atomic E-state index is 6.18. The molecule has 0 aliphatic rings. The maximum absolute atomic E-state index is 6.18. The van der Waals surface area contributed by atoms with Crippen molar-refractivity contribution in [2.45, 2.75) is 6.04 Å². The van der Waals surface area contributed by atoms with Gasteiger partial charge in [-0.2, -0.15) is 0 Å². The summed E-state index contributed by atoms with van der Waals surface area (Å²) in [5.74, 6) is 0.784. The van der Waals surface area contributed by atoms with Crippen molar-refractivity contribution in [1.29, 1.82) is 0 Å². The molecule has 0 spiro atoms. The molecule has 90 valence electrons. The highest BCUT2D eigenvalue weighted by Gasteiger charge is 2.11. The van der Waals surface area contributed by atoms with Crippen molar-refractivity contribution in [2.75, 3.05) is 0 Å². The van der Waals surface area contributed by atoms with Gasteiger partial charge in [-0.15, -0.1) is 0 Å². The van der Waals surface area contributed by atoms with Gasteiger partial charge in [-0.1, -0.05) is 34.1 Å². The van der Waals surface area contributed by atoms with Gasteiger partial charge in [0.25, 0.3) is 0 Å². The molecule has 18 heavy (non-hydrogen) atoms. The van der Waals surface area contributed by atoms with Gasteiger partial charge in [0, 0.05) is 4.47 Å². The van der Waals surface area contributed by atoms with Crippen LogP contribution in [-0.2, 0) is 0 Å². The zero-order valence-electron chi connectivity index (χ0n) is 9.64. The van der Waals surface area contributed by atoms with Gasteiger partial charge in [-0.3, -0.25) is 0 Å². The molecule has 0 aliphatic heterocycles. The summed E-state index contributed by atoms with van der Waals surface area (Å²) in [5, 5.41) is 2.37. The smallest absolute Gasteiger partial charge is 0.124 e. The van der Waals surface area contributed by atoms with Crippen LogP contribution >= 0.6 is 15.9 Å². The van der Waals surface area contributed by atoms with E-state index in [2.05, 4.69) is 40.2 Å². The number of benzene rings is 2. The molecule has 0 aliphatic carbocycles. The van der Waals surface area contributed by atoms with Gasteiger partial charge in [0.15, 0.2) is 0 Å². The molecule has 3 heteroatoms. The number of hydrogen-bond acceptors (Lipinski definition) is 2. The van der Waals surface area contributed by atoms with Crippen molar-refractivity contribution in [1.82, 2.24) is 0 Å². The Balaban J connectivity index is 2.06. The van der Waals surface area contributed by atoms with Crippen LogP contribution in [-0.4, -0.2) is 0 Å². The number of halogens is 1. The standard InChI is InChI=1S/C15H12BrNO/c16-13-6-5-10-8-12(4-3-11(10)9-13)15(17)14-2-1-7-18-14/h1-9,15H,17H2. The van der Waals surface area contributed by atoms with Crippen LogP contribution in [0.3, 0.4) is 0 Å². The van der Waals surface area contributed by atoms with E-state index in [0.29, 0.717) is 0 Å². The fraction of sp³-hybridized carbons (Fsp3) is 0.0667. The molecule has 1 aromatic heterocycles. The summed E-state index contributed by atoms with van der Waals surface area (Å²) in [7, 11) is 0. The van der Waals surface area contributed by atoms with Gasteiger partial charge in [0.1, 0.15) is 5.76 Å². The number of rotatable bonds is 2. The molecule has 2 N–H and O–H groups in total. The van der Waals surface area contributed by atoms with E-state index in [-0.39, 0.29) is 6.04 Å². The second-order valence-electron chi connectivity index (χ2n) is 4.24. The normalized spacial score (nSPS) is 12.8. The van der Waals surface area contributed by atoms with Crippen LogP contribution in [0.5, 0.6) is 0 Å². The predicted molar refractivity (Wildman–Crippen MR) is 76.4 cm³/mol. The molecule has 2 aromatic carbocycles. The first-order valence-corrected chi connectivity index (χ1v) is 6.51. The van der Waals surface area contributed by atoms with E-state index in [1.54, 1.807) is 6.26 Å². The van der Waals surface area contributed by atoms with Crippen molar-refractivity contribution in [2.24, 2.45) is 5.73 Å². The van der Waals surface area contributed by atoms with Gasteiger partial charge in [-0.25, -0.2) is 0 Å². The summed E-state index contributed by atoms with van der Waals surface area (Å²) < 4.78 is 6.43. The van der Waals surface area contributed by atoms with Crippen LogP contribution < -0.4 is 5.73 Å². The molecule has 3 aromatic rings. The molecule has 2 nitrogen and oxygen atoms in total. The van der Waals surface area contributed by atoms with Crippen LogP contribution in [0, 0.1) is 0 Å². The minimum absolute atomic E-state index is 0.215. The van der Waals surface area contributed by atoms with Gasteiger partial charge in [0.2, 0.25) is 0 Å². The molecule has 0 amide bonds. The summed E-state index contributed by atoms with van der Waals surface area (Å²) in [6.45, 7) is 0. The zero-order chi connectivity index (χ0) is 12.5. The first-order valence-electron chi connectivity index (χ1n) is 5.72. The summed E-state index contributed by atoms with van der Waals surface area (Å²) in [6.07, 6.45) is 1.65. The molecule has 0 radical (unpaired) electrons. The lowest BCUT2D eigenvalue weighted by molar-refractivity contribution is 0.490. The van der Waals surface area contributed by atoms with Crippen molar-refractivity contribution in [3.63, 3.8) is 0 Å². The van der Waals surface area contributed by atoms with Crippen LogP contribution in [0.2, 0.25) is 0 Å². The number of fused-ring (bicyclic) bond motifs is 1. The minimum Gasteiger partial charge on any atom is -0.467 e. The van der Waals surface area contributed by atoms with E-state index in [1.165, 1.54) is 10.8 Å². The number of hydrogen-bond donors (Lipinski definition) is 1. The van der Waals surface area contributed by atoms with Crippen LogP contribution in [0.25, 0.3) is 10.8 Å². The quantitative estimate of drug-likeness (QED) is 0.769. The van der Waals surface area contributed by atoms with Crippen molar-refractivity contribution in [3.05, 3.63) is 70.6 Å². The fourth-order valence-electron chi connectivity index (χ4n) is 2.06. The van der Waals surface area contributed by atoms with Gasteiger partial charge >= 0.3 is 0 Å². The predicted octanol–water partition coefficient (Wildman–Crippen LogP) is 4.24. The second kappa shape index (κ2) is 4.59. The van der Waals surface area contributed by atoms with Gasteiger partial charge < -0.3 is 10.2 Å². The third-order valence-corrected chi connectivity index (χ3v) is 3.53. The van der Waals surface area contributed by atoms with E-state index in [0.717, 1.165) is 15.8 Å². The Morgan fingerprint density at radius 2 is 1.78 bits per heavy atom. The third-order valence-electron chi connectivity index (χ3n) is 3.04. The third kappa shape index (κ3) is 2.07. The molecule has 3 rings (SSSR count). The van der Waals surface area contributed by atoms with Gasteiger partial charge in [0.05, 0.1) is 12.3 Å². The van der Waals surface area contributed by atoms with Crippen molar-refractivity contribution < 1.29 is 4.42 Å². The molecular formula is C15H12BrNO. The van der Waals surface area contributed by atoms with Crippen LogP contribution in [0.15, 0.2) is 63.7 Å². The number of nitrogens with two attached hydrogens (primary N) is 1. The highest BCUT2D eigenvalue weighted by atomic mass is 79.9. The first-order chi connectivity index (χ1) is 8.74. The van der Waals surface area contributed by atoms with Crippen LogP contribution in [0.1, 0.15) is 17.4 Å². The lowest BCUT2D eigenvalue weighted by atomic mass is 10.0. The Morgan fingerprint density at radius 3 is 2.56 bits per heavy atom. The first kappa shape index (κ1) is 11.5. The number of furan rings is 1. The monoisotopic (exact) mass is 301 g/mol. The average Bonchev–Trinajstić information content (AvgIpc) is 2.91. The van der Waals surface area contributed by atoms with E-state index in [4.69, 9.17) is 10.2 Å². The van der Waals surface area contributed by atoms with E-state index in [1.807, 2.05) is 24.3 Å². The topological polar surface area (TPSA) is 39.2 Å². The Kier molecular flexibility index (Phi) is 2.94. The van der Waals surface area contributed by atoms with Crippen LogP contribution in [0.4, 0.5) is 0 Å². The Labute approximate surface area is 114 Å². The zero-order valence-corrected chi connectivity index (χ0v) is 11.2. The maximum Gasteiger partial charge on any atom is 0.124 e. The molecule has 0 bridgehead atoms. The fourth-order valence-corrected chi connectivity index (χ4v) is 2.44. The highest BCUT2D eigenvalue weighted by Crippen LogP contribution is 2.25. The summed E-state index contributed by atoms with van der Waals surface area (Å²) in [4.78, 5) is 0. The molecule has 1 heterocycles. The average molecular weight is 302 g/mol. The second-order valence-corrected chi connectivity index (χ2v) is 5.16. The molecule has 0 fully saturated rings. The Bertz CT molecular complexity index is 676. The van der Waals surface area contributed by atoms with Crippen molar-refractivity contribution >= 4 is 26.7 Å². The molecule has 0 saturated carbocycles. The van der Waals surface area contributed by atoms with E-state index < -0.39 is 0 Å². The minimum atomic E-state index is -0.215. The van der Waals surface area contributed by atoms with Gasteiger partial charge in [-0.05, 0) is 46.7 Å². The molecular weight excluding hydrogens is 290 g/mol. The summed E-state index contributed by atoms with van der Waals surface area (Å²) in [6, 6.07) is 16.0. The highest BCUT2D eigenvalue weighted by molar-refractivity contribution is 9.10. The summed E-state index contributed by atoms with van der Waals surface area (Å²) in [5.41, 5.74) is 7.23. The lowest BCUT2D eigenvalue weighted by Crippen LogP contribution is -2.10. The van der Waals surface area contributed by atoms with E-state index >= 15 is 0 Å². The Hall–Kier alpha value is -1.58. The molecule has 1 atom stereocenters. The largest absolute Gasteiger partial charge is 0.467 e. The molecule has 1 unspecified atom stereocenters. The summed E-state index contributed by atoms with van der Waals surface area (Å²) >= 11 is 3.47. The van der Waals surface area contributed by atoms with E-state index in [9.17, 15) is 0 Å². The Morgan fingerprint density at radius 1 is 1.00 bits per heavy atom.